The summed E-state index contributed by atoms with van der Waals surface area (Å²) in [5.74, 6) is 0. The Morgan fingerprint density at radius 1 is 1.06 bits per heavy atom. The third-order valence-electron chi connectivity index (χ3n) is 2.10. The van der Waals surface area contributed by atoms with Crippen LogP contribution >= 0.6 is 22.0 Å². The molecule has 1 aromatic carbocycles. The molecule has 1 heterocycles. The highest BCUT2D eigenvalue weighted by atomic mass is 35.7. The van der Waals surface area contributed by atoms with Crippen LogP contribution in [0.25, 0.3) is 12.2 Å². The summed E-state index contributed by atoms with van der Waals surface area (Å²) < 4.78 is 22.3. The minimum atomic E-state index is -3.61. The van der Waals surface area contributed by atoms with Gasteiger partial charge in [-0.2, -0.15) is 0 Å². The molecule has 0 radical (unpaired) electrons. The van der Waals surface area contributed by atoms with Gasteiger partial charge < -0.3 is 0 Å². The maximum atomic E-state index is 11.1. The summed E-state index contributed by atoms with van der Waals surface area (Å²) in [6.45, 7) is 0. The van der Waals surface area contributed by atoms with Crippen molar-refractivity contribution in [1.29, 1.82) is 0 Å². The Hall–Kier alpha value is -1.10. The average Bonchev–Trinajstić information content (AvgIpc) is 2.76. The van der Waals surface area contributed by atoms with Gasteiger partial charge in [0.15, 0.2) is 0 Å². The minimum absolute atomic E-state index is 0.173. The summed E-state index contributed by atoms with van der Waals surface area (Å²) in [6.07, 6.45) is 3.78. The first-order valence-electron chi connectivity index (χ1n) is 4.82. The first-order chi connectivity index (χ1) is 8.05. The number of hydrogen-bond donors (Lipinski definition) is 0. The van der Waals surface area contributed by atoms with Crippen molar-refractivity contribution >= 4 is 43.2 Å². The van der Waals surface area contributed by atoms with Gasteiger partial charge in [0.1, 0.15) is 4.21 Å². The second kappa shape index (κ2) is 5.04. The molecule has 0 saturated carbocycles. The molecule has 2 aromatic rings. The summed E-state index contributed by atoms with van der Waals surface area (Å²) in [6, 6.07) is 11.3. The molecular formula is C12H9ClO2S2. The third kappa shape index (κ3) is 3.43. The van der Waals surface area contributed by atoms with E-state index in [0.717, 1.165) is 22.5 Å². The molecule has 0 atom stereocenters. The van der Waals surface area contributed by atoms with Crippen LogP contribution in [0, 0.1) is 0 Å². The summed E-state index contributed by atoms with van der Waals surface area (Å²) in [7, 11) is 1.64. The van der Waals surface area contributed by atoms with E-state index in [0.29, 0.717) is 0 Å². The Morgan fingerprint density at radius 2 is 1.71 bits per heavy atom. The van der Waals surface area contributed by atoms with Crippen LogP contribution in [0.3, 0.4) is 0 Å². The lowest BCUT2D eigenvalue weighted by atomic mass is 10.2. The molecule has 0 amide bonds. The van der Waals surface area contributed by atoms with E-state index in [1.807, 2.05) is 42.5 Å². The molecule has 17 heavy (non-hydrogen) atoms. The Kier molecular flexibility index (Phi) is 3.66. The van der Waals surface area contributed by atoms with Gasteiger partial charge in [-0.05, 0) is 22.6 Å². The minimum Gasteiger partial charge on any atom is -0.206 e. The first kappa shape index (κ1) is 12.4. The standard InChI is InChI=1S/C12H9ClO2S2/c13-17(14,15)12-8-11(9-16-12)7-6-10-4-2-1-3-5-10/h1-9H. The van der Waals surface area contributed by atoms with Gasteiger partial charge in [-0.3, -0.25) is 0 Å². The van der Waals surface area contributed by atoms with Crippen molar-refractivity contribution in [3.63, 3.8) is 0 Å². The molecule has 1 aromatic heterocycles. The SMILES string of the molecule is O=S(=O)(Cl)c1cc(C=Cc2ccccc2)cs1. The Morgan fingerprint density at radius 3 is 2.29 bits per heavy atom. The largest absolute Gasteiger partial charge is 0.270 e. The molecule has 5 heteroatoms. The molecular weight excluding hydrogens is 276 g/mol. The zero-order valence-electron chi connectivity index (χ0n) is 8.71. The van der Waals surface area contributed by atoms with E-state index in [1.54, 1.807) is 11.4 Å². The van der Waals surface area contributed by atoms with Crippen LogP contribution in [-0.2, 0) is 9.05 Å². The van der Waals surface area contributed by atoms with Crippen molar-refractivity contribution in [2.24, 2.45) is 0 Å². The van der Waals surface area contributed by atoms with Gasteiger partial charge >= 0.3 is 0 Å². The normalized spacial score (nSPS) is 12.1. The maximum absolute atomic E-state index is 11.1. The molecule has 88 valence electrons. The fourth-order valence-corrected chi connectivity index (χ4v) is 3.25. The lowest BCUT2D eigenvalue weighted by molar-refractivity contribution is 0.611. The Balaban J connectivity index is 2.21. The van der Waals surface area contributed by atoms with E-state index in [1.165, 1.54) is 0 Å². The van der Waals surface area contributed by atoms with Gasteiger partial charge in [-0.25, -0.2) is 8.42 Å². The van der Waals surface area contributed by atoms with Crippen LogP contribution in [0.1, 0.15) is 11.1 Å². The van der Waals surface area contributed by atoms with E-state index in [-0.39, 0.29) is 4.21 Å². The van der Waals surface area contributed by atoms with Crippen molar-refractivity contribution in [1.82, 2.24) is 0 Å². The van der Waals surface area contributed by atoms with Crippen molar-refractivity contribution in [3.05, 3.63) is 52.9 Å². The van der Waals surface area contributed by atoms with Gasteiger partial charge in [0.25, 0.3) is 9.05 Å². The Labute approximate surface area is 109 Å². The molecule has 0 aliphatic carbocycles. The van der Waals surface area contributed by atoms with E-state index in [2.05, 4.69) is 0 Å². The lowest BCUT2D eigenvalue weighted by Gasteiger charge is -1.90. The number of hydrogen-bond acceptors (Lipinski definition) is 3. The highest BCUT2D eigenvalue weighted by Crippen LogP contribution is 2.24. The maximum Gasteiger partial charge on any atom is 0.270 e. The van der Waals surface area contributed by atoms with Crippen LogP contribution in [0.2, 0.25) is 0 Å². The van der Waals surface area contributed by atoms with Crippen LogP contribution in [-0.4, -0.2) is 8.42 Å². The zero-order chi connectivity index (χ0) is 12.3. The first-order valence-corrected chi connectivity index (χ1v) is 8.01. The number of benzene rings is 1. The summed E-state index contributed by atoms with van der Waals surface area (Å²) in [5.41, 5.74) is 1.90. The predicted molar refractivity (Wildman–Crippen MR) is 72.7 cm³/mol. The van der Waals surface area contributed by atoms with E-state index in [9.17, 15) is 8.42 Å². The smallest absolute Gasteiger partial charge is 0.206 e. The molecule has 0 unspecified atom stereocenters. The molecule has 0 aliphatic heterocycles. The number of halogens is 1. The molecule has 2 rings (SSSR count). The highest BCUT2D eigenvalue weighted by molar-refractivity contribution is 8.15. The van der Waals surface area contributed by atoms with E-state index >= 15 is 0 Å². The summed E-state index contributed by atoms with van der Waals surface area (Å²) in [5, 5.41) is 1.76. The van der Waals surface area contributed by atoms with Gasteiger partial charge in [0, 0.05) is 10.7 Å². The fraction of sp³-hybridized carbons (Fsp3) is 0. The quantitative estimate of drug-likeness (QED) is 0.803. The van der Waals surface area contributed by atoms with Crippen molar-refractivity contribution < 1.29 is 8.42 Å². The van der Waals surface area contributed by atoms with Crippen LogP contribution in [0.4, 0.5) is 0 Å². The van der Waals surface area contributed by atoms with E-state index < -0.39 is 9.05 Å². The second-order valence-electron chi connectivity index (χ2n) is 3.38. The van der Waals surface area contributed by atoms with Gasteiger partial charge in [-0.1, -0.05) is 42.5 Å². The monoisotopic (exact) mass is 284 g/mol. The topological polar surface area (TPSA) is 34.1 Å². The molecule has 0 spiro atoms. The molecule has 0 bridgehead atoms. The van der Waals surface area contributed by atoms with Crippen molar-refractivity contribution in [2.75, 3.05) is 0 Å². The number of thiophene rings is 1. The summed E-state index contributed by atoms with van der Waals surface area (Å²) in [4.78, 5) is 0. The second-order valence-corrected chi connectivity index (χ2v) is 7.08. The van der Waals surface area contributed by atoms with Crippen molar-refractivity contribution in [3.8, 4) is 0 Å². The van der Waals surface area contributed by atoms with E-state index in [4.69, 9.17) is 10.7 Å². The van der Waals surface area contributed by atoms with Gasteiger partial charge in [-0.15, -0.1) is 11.3 Å². The number of rotatable bonds is 3. The zero-order valence-corrected chi connectivity index (χ0v) is 11.1. The molecule has 0 N–H and O–H groups in total. The molecule has 0 aliphatic rings. The van der Waals surface area contributed by atoms with Crippen molar-refractivity contribution in [2.45, 2.75) is 4.21 Å². The van der Waals surface area contributed by atoms with Gasteiger partial charge in [0.05, 0.1) is 0 Å². The molecule has 0 fully saturated rings. The lowest BCUT2D eigenvalue weighted by Crippen LogP contribution is -1.83. The summed E-state index contributed by atoms with van der Waals surface area (Å²) >= 11 is 1.12. The van der Waals surface area contributed by atoms with Crippen LogP contribution in [0.5, 0.6) is 0 Å². The average molecular weight is 285 g/mol. The predicted octanol–water partition coefficient (Wildman–Crippen LogP) is 3.85. The third-order valence-corrected chi connectivity index (χ3v) is 5.16. The molecule has 2 nitrogen and oxygen atoms in total. The highest BCUT2D eigenvalue weighted by Gasteiger charge is 2.11. The molecule has 0 saturated heterocycles. The fourth-order valence-electron chi connectivity index (χ4n) is 1.30. The van der Waals surface area contributed by atoms with Gasteiger partial charge in [0.2, 0.25) is 0 Å². The van der Waals surface area contributed by atoms with Crippen LogP contribution < -0.4 is 0 Å². The van der Waals surface area contributed by atoms with Crippen LogP contribution in [0.15, 0.2) is 46.0 Å². The Bertz CT molecular complexity index is 628.